The molecule has 2 amide bonds. The number of ether oxygens (including phenoxy) is 3. The second-order valence-electron chi connectivity index (χ2n) is 7.95. The molecule has 2 N–H and O–H groups in total. The Hall–Kier alpha value is -3.52. The number of urea groups is 1. The second kappa shape index (κ2) is 9.95. The molecular formula is C25H29N3O5. The maximum absolute atomic E-state index is 13.1. The van der Waals surface area contributed by atoms with Crippen molar-refractivity contribution in [2.75, 3.05) is 38.8 Å². The molecule has 2 aliphatic heterocycles. The summed E-state index contributed by atoms with van der Waals surface area (Å²) in [4.78, 5) is 28.0. The van der Waals surface area contributed by atoms with Gasteiger partial charge < -0.3 is 29.7 Å². The summed E-state index contributed by atoms with van der Waals surface area (Å²) in [7, 11) is 3.20. The van der Waals surface area contributed by atoms with Crippen LogP contribution in [-0.2, 0) is 27.3 Å². The van der Waals surface area contributed by atoms with Gasteiger partial charge in [-0.2, -0.15) is 0 Å². The number of nitrogens with zero attached hydrogens (tertiary/aromatic N) is 1. The highest BCUT2D eigenvalue weighted by Crippen LogP contribution is 2.33. The molecule has 0 aliphatic carbocycles. The van der Waals surface area contributed by atoms with Crippen molar-refractivity contribution in [2.45, 2.75) is 26.0 Å². The van der Waals surface area contributed by atoms with Crippen molar-refractivity contribution in [1.82, 2.24) is 10.6 Å². The Bertz CT molecular complexity index is 1080. The van der Waals surface area contributed by atoms with Gasteiger partial charge in [0.1, 0.15) is 5.75 Å². The number of fused-ring (bicyclic) bond motifs is 1. The van der Waals surface area contributed by atoms with Crippen LogP contribution in [-0.4, -0.2) is 45.9 Å². The van der Waals surface area contributed by atoms with Gasteiger partial charge in [-0.3, -0.25) is 0 Å². The van der Waals surface area contributed by atoms with Gasteiger partial charge in [-0.25, -0.2) is 9.59 Å². The monoisotopic (exact) mass is 451 g/mol. The predicted octanol–water partition coefficient (Wildman–Crippen LogP) is 3.08. The Labute approximate surface area is 193 Å². The van der Waals surface area contributed by atoms with Gasteiger partial charge in [-0.1, -0.05) is 24.3 Å². The van der Waals surface area contributed by atoms with Crippen LogP contribution in [0.1, 0.15) is 29.7 Å². The first-order valence-electron chi connectivity index (χ1n) is 11.0. The first kappa shape index (κ1) is 22.7. The van der Waals surface area contributed by atoms with Crippen molar-refractivity contribution < 1.29 is 23.8 Å². The lowest BCUT2D eigenvalue weighted by Gasteiger charge is -2.32. The molecule has 1 atom stereocenters. The molecule has 0 saturated carbocycles. The molecule has 4 rings (SSSR count). The van der Waals surface area contributed by atoms with E-state index in [1.165, 1.54) is 5.56 Å². The van der Waals surface area contributed by atoms with Crippen LogP contribution in [0.4, 0.5) is 10.5 Å². The van der Waals surface area contributed by atoms with Gasteiger partial charge >= 0.3 is 12.0 Å². The number of rotatable bonds is 8. The highest BCUT2D eigenvalue weighted by atomic mass is 16.5. The molecule has 2 heterocycles. The number of amides is 2. The number of esters is 1. The topological polar surface area (TPSA) is 89.1 Å². The predicted molar refractivity (Wildman–Crippen MR) is 124 cm³/mol. The average molecular weight is 452 g/mol. The fraction of sp³-hybridized carbons (Fsp3) is 0.360. The zero-order chi connectivity index (χ0) is 23.4. The third-order valence-corrected chi connectivity index (χ3v) is 5.92. The van der Waals surface area contributed by atoms with Gasteiger partial charge in [0.25, 0.3) is 0 Å². The molecule has 8 nitrogen and oxygen atoms in total. The lowest BCUT2D eigenvalue weighted by Crippen LogP contribution is -2.48. The van der Waals surface area contributed by atoms with Crippen LogP contribution >= 0.6 is 0 Å². The smallest absolute Gasteiger partial charge is 0.338 e. The molecule has 0 bridgehead atoms. The first-order valence-corrected chi connectivity index (χ1v) is 11.0. The van der Waals surface area contributed by atoms with Crippen LogP contribution in [0, 0.1) is 0 Å². The van der Waals surface area contributed by atoms with E-state index >= 15 is 0 Å². The number of methoxy groups -OCH3 is 2. The van der Waals surface area contributed by atoms with Gasteiger partial charge in [0, 0.05) is 24.9 Å². The van der Waals surface area contributed by atoms with Crippen LogP contribution < -0.4 is 20.3 Å². The van der Waals surface area contributed by atoms with Crippen molar-refractivity contribution in [1.29, 1.82) is 0 Å². The van der Waals surface area contributed by atoms with Gasteiger partial charge in [0.15, 0.2) is 0 Å². The summed E-state index contributed by atoms with van der Waals surface area (Å²) in [6, 6.07) is 12.7. The zero-order valence-corrected chi connectivity index (χ0v) is 19.1. The van der Waals surface area contributed by atoms with E-state index in [1.807, 2.05) is 30.3 Å². The minimum Gasteiger partial charge on any atom is -0.496 e. The number of hydrogen-bond donors (Lipinski definition) is 2. The highest BCUT2D eigenvalue weighted by molar-refractivity contribution is 5.95. The molecule has 2 aromatic rings. The number of nitrogens with one attached hydrogen (secondary N) is 2. The molecule has 0 spiro atoms. The number of anilines is 1. The number of carbonyl (C=O) groups excluding carboxylic acids is 2. The maximum atomic E-state index is 13.1. The summed E-state index contributed by atoms with van der Waals surface area (Å²) in [6.45, 7) is 3.55. The third kappa shape index (κ3) is 4.66. The van der Waals surface area contributed by atoms with Crippen LogP contribution in [0.5, 0.6) is 5.75 Å². The van der Waals surface area contributed by atoms with Crippen molar-refractivity contribution in [2.24, 2.45) is 0 Å². The molecule has 1 unspecified atom stereocenters. The highest BCUT2D eigenvalue weighted by Gasteiger charge is 2.35. The number of para-hydroxylation sites is 1. The van der Waals surface area contributed by atoms with E-state index < -0.39 is 12.0 Å². The van der Waals surface area contributed by atoms with Crippen molar-refractivity contribution in [3.05, 3.63) is 70.4 Å². The first-order chi connectivity index (χ1) is 16.0. The van der Waals surface area contributed by atoms with Crippen LogP contribution in [0.2, 0.25) is 0 Å². The Morgan fingerprint density at radius 1 is 1.18 bits per heavy atom. The molecule has 174 valence electrons. The van der Waals surface area contributed by atoms with Crippen molar-refractivity contribution in [3.63, 3.8) is 0 Å². The summed E-state index contributed by atoms with van der Waals surface area (Å²) >= 11 is 0. The fourth-order valence-electron chi connectivity index (χ4n) is 4.45. The number of hydrogen-bond acceptors (Lipinski definition) is 6. The Kier molecular flexibility index (Phi) is 6.84. The van der Waals surface area contributed by atoms with Gasteiger partial charge in [-0.05, 0) is 42.7 Å². The quantitative estimate of drug-likeness (QED) is 0.600. The molecule has 0 fully saturated rings. The molecule has 8 heteroatoms. The molecule has 0 radical (unpaired) electrons. The van der Waals surface area contributed by atoms with Gasteiger partial charge in [0.05, 0.1) is 44.2 Å². The minimum atomic E-state index is -0.660. The number of carbonyl (C=O) groups is 2. The SMILES string of the molecule is CCOC(=O)C1=C(CN2CCc3ccccc32)NC(=O)NC1c1ccc(OC)c(COC)c1. The van der Waals surface area contributed by atoms with E-state index in [4.69, 9.17) is 14.2 Å². The van der Waals surface area contributed by atoms with Crippen LogP contribution in [0.3, 0.4) is 0 Å². The Morgan fingerprint density at radius 3 is 2.76 bits per heavy atom. The second-order valence-corrected chi connectivity index (χ2v) is 7.95. The standard InChI is InChI=1S/C25H29N3O5/c1-4-33-24(29)22-19(14-28-12-11-16-7-5-6-8-20(16)28)26-25(30)27-23(22)17-9-10-21(32-3)18(13-17)15-31-2/h5-10,13,23H,4,11-12,14-15H2,1-3H3,(H2,26,27,30). The summed E-state index contributed by atoms with van der Waals surface area (Å²) in [5.74, 6) is 0.220. The minimum absolute atomic E-state index is 0.236. The van der Waals surface area contributed by atoms with Crippen LogP contribution in [0.15, 0.2) is 53.7 Å². The maximum Gasteiger partial charge on any atom is 0.338 e. The average Bonchev–Trinajstić information content (AvgIpc) is 3.22. The number of benzene rings is 2. The molecule has 0 aromatic heterocycles. The molecule has 2 aliphatic rings. The molecule has 2 aromatic carbocycles. The fourth-order valence-corrected chi connectivity index (χ4v) is 4.45. The third-order valence-electron chi connectivity index (χ3n) is 5.92. The lowest BCUT2D eigenvalue weighted by atomic mass is 9.93. The Balaban J connectivity index is 1.75. The normalized spacial score (nSPS) is 17.4. The van der Waals surface area contributed by atoms with E-state index in [9.17, 15) is 9.59 Å². The van der Waals surface area contributed by atoms with E-state index in [2.05, 4.69) is 27.7 Å². The van der Waals surface area contributed by atoms with E-state index in [0.29, 0.717) is 30.2 Å². The summed E-state index contributed by atoms with van der Waals surface area (Å²) < 4.78 is 16.1. The van der Waals surface area contributed by atoms with Crippen molar-refractivity contribution in [3.8, 4) is 5.75 Å². The summed E-state index contributed by atoms with van der Waals surface area (Å²) in [5, 5.41) is 5.76. The molecule has 33 heavy (non-hydrogen) atoms. The van der Waals surface area contributed by atoms with Gasteiger partial charge in [-0.15, -0.1) is 0 Å². The summed E-state index contributed by atoms with van der Waals surface area (Å²) in [6.07, 6.45) is 0.923. The lowest BCUT2D eigenvalue weighted by molar-refractivity contribution is -0.139. The van der Waals surface area contributed by atoms with E-state index in [0.717, 1.165) is 29.8 Å². The molecular weight excluding hydrogens is 422 g/mol. The largest absolute Gasteiger partial charge is 0.496 e. The van der Waals surface area contributed by atoms with Crippen LogP contribution in [0.25, 0.3) is 0 Å². The zero-order valence-electron chi connectivity index (χ0n) is 19.1. The van der Waals surface area contributed by atoms with E-state index in [-0.39, 0.29) is 12.6 Å². The van der Waals surface area contributed by atoms with E-state index in [1.54, 1.807) is 21.1 Å². The van der Waals surface area contributed by atoms with Crippen molar-refractivity contribution >= 4 is 17.7 Å². The molecule has 0 saturated heterocycles. The van der Waals surface area contributed by atoms with Gasteiger partial charge in [0.2, 0.25) is 0 Å². The Morgan fingerprint density at radius 2 is 2.00 bits per heavy atom. The summed E-state index contributed by atoms with van der Waals surface area (Å²) in [5.41, 5.74) is 4.89.